The first-order valence-electron chi connectivity index (χ1n) is 4.63. The van der Waals surface area contributed by atoms with E-state index in [2.05, 4.69) is 9.24 Å². The van der Waals surface area contributed by atoms with Crippen LogP contribution in [-0.2, 0) is 9.63 Å². The molecule has 2 unspecified atom stereocenters. The van der Waals surface area contributed by atoms with Gasteiger partial charge in [-0.15, -0.1) is 0 Å². The average molecular weight is 223 g/mol. The maximum atomic E-state index is 13.5. The van der Waals surface area contributed by atoms with Crippen LogP contribution in [-0.4, -0.2) is 30.5 Å². The summed E-state index contributed by atoms with van der Waals surface area (Å²) in [6.07, 6.45) is 0.576. The second-order valence-corrected chi connectivity index (χ2v) is 4.55. The summed E-state index contributed by atoms with van der Waals surface area (Å²) in [4.78, 5) is 16.2. The van der Waals surface area contributed by atoms with E-state index >= 15 is 0 Å². The van der Waals surface area contributed by atoms with Crippen molar-refractivity contribution in [3.05, 3.63) is 0 Å². The van der Waals surface area contributed by atoms with E-state index in [1.165, 1.54) is 14.2 Å². The number of halogens is 1. The number of hydrogen-bond acceptors (Lipinski definition) is 2. The molecule has 14 heavy (non-hydrogen) atoms. The lowest BCUT2D eigenvalue weighted by molar-refractivity contribution is -0.173. The molecule has 0 aliphatic carbocycles. The lowest BCUT2D eigenvalue weighted by Gasteiger charge is -2.24. The highest BCUT2D eigenvalue weighted by Gasteiger charge is 2.28. The number of alkyl halides is 1. The Labute approximate surface area is 87.1 Å². The summed E-state index contributed by atoms with van der Waals surface area (Å²) in [5.74, 6) is -0.576. The molecule has 0 N–H and O–H groups in total. The Bertz CT molecular complexity index is 199. The Morgan fingerprint density at radius 3 is 2.57 bits per heavy atom. The first-order valence-corrected chi connectivity index (χ1v) is 5.21. The Morgan fingerprint density at radius 2 is 2.21 bits per heavy atom. The topological polar surface area (TPSA) is 29.5 Å². The van der Waals surface area contributed by atoms with Crippen LogP contribution in [0.5, 0.6) is 0 Å². The number of hydroxylamine groups is 2. The fraction of sp³-hybridized carbons (Fsp3) is 0.889. The van der Waals surface area contributed by atoms with Crippen molar-refractivity contribution in [1.82, 2.24) is 5.06 Å². The van der Waals surface area contributed by atoms with E-state index in [1.807, 2.05) is 0 Å². The first-order chi connectivity index (χ1) is 6.34. The van der Waals surface area contributed by atoms with Gasteiger partial charge in [-0.25, -0.2) is 9.45 Å². The molecule has 0 aromatic carbocycles. The number of amides is 1. The van der Waals surface area contributed by atoms with E-state index in [1.54, 1.807) is 13.8 Å². The standard InChI is InChI=1S/C9H19FNO2P/c1-5-9(10,14)6-7(2)8(12)11(3)13-4/h7H,5-6,14H2,1-4H3/t7-,9?/m0/s1. The van der Waals surface area contributed by atoms with Gasteiger partial charge in [0, 0.05) is 13.0 Å². The van der Waals surface area contributed by atoms with Crippen molar-refractivity contribution >= 4 is 15.1 Å². The van der Waals surface area contributed by atoms with Crippen molar-refractivity contribution in [2.75, 3.05) is 14.2 Å². The second-order valence-electron chi connectivity index (χ2n) is 3.51. The summed E-state index contributed by atoms with van der Waals surface area (Å²) in [6.45, 7) is 3.45. The van der Waals surface area contributed by atoms with E-state index < -0.39 is 5.41 Å². The maximum Gasteiger partial charge on any atom is 0.248 e. The fourth-order valence-electron chi connectivity index (χ4n) is 1.14. The Hall–Kier alpha value is -0.210. The molecule has 0 saturated carbocycles. The number of nitrogens with zero attached hydrogens (tertiary/aromatic N) is 1. The van der Waals surface area contributed by atoms with Gasteiger partial charge in [-0.05, 0) is 12.8 Å². The molecular weight excluding hydrogens is 204 g/mol. The summed E-state index contributed by atoms with van der Waals surface area (Å²) >= 11 is 0. The van der Waals surface area contributed by atoms with Crippen LogP contribution in [0.4, 0.5) is 4.39 Å². The highest BCUT2D eigenvalue weighted by Crippen LogP contribution is 2.32. The summed E-state index contributed by atoms with van der Waals surface area (Å²) in [6, 6.07) is 0. The zero-order chi connectivity index (χ0) is 11.4. The van der Waals surface area contributed by atoms with E-state index in [4.69, 9.17) is 4.84 Å². The van der Waals surface area contributed by atoms with Gasteiger partial charge in [-0.3, -0.25) is 9.63 Å². The van der Waals surface area contributed by atoms with Crippen molar-refractivity contribution in [2.45, 2.75) is 32.1 Å². The highest BCUT2D eigenvalue weighted by molar-refractivity contribution is 7.18. The van der Waals surface area contributed by atoms with Gasteiger partial charge in [0.05, 0.1) is 7.11 Å². The van der Waals surface area contributed by atoms with Gasteiger partial charge in [-0.2, -0.15) is 0 Å². The van der Waals surface area contributed by atoms with Crippen LogP contribution in [0.3, 0.4) is 0 Å². The van der Waals surface area contributed by atoms with Crippen LogP contribution < -0.4 is 0 Å². The average Bonchev–Trinajstić information content (AvgIpc) is 2.14. The van der Waals surface area contributed by atoms with E-state index in [9.17, 15) is 9.18 Å². The van der Waals surface area contributed by atoms with Crippen LogP contribution in [0.2, 0.25) is 0 Å². The first kappa shape index (κ1) is 13.8. The summed E-state index contributed by atoms with van der Waals surface area (Å²) in [5.41, 5.74) is 0. The van der Waals surface area contributed by atoms with Gasteiger partial charge in [0.1, 0.15) is 5.41 Å². The number of carbonyl (C=O) groups is 1. The van der Waals surface area contributed by atoms with Crippen LogP contribution in [0, 0.1) is 5.92 Å². The molecule has 1 amide bonds. The van der Waals surface area contributed by atoms with Crippen molar-refractivity contribution in [3.8, 4) is 0 Å². The third-order valence-corrected chi connectivity index (χ3v) is 2.88. The molecular formula is C9H19FNO2P. The number of rotatable bonds is 5. The molecule has 0 aliphatic heterocycles. The molecule has 0 fully saturated rings. The minimum Gasteiger partial charge on any atom is -0.275 e. The lowest BCUT2D eigenvalue weighted by Crippen LogP contribution is -2.33. The van der Waals surface area contributed by atoms with Crippen LogP contribution >= 0.6 is 9.24 Å². The van der Waals surface area contributed by atoms with Gasteiger partial charge < -0.3 is 0 Å². The number of hydrogen-bond donors (Lipinski definition) is 0. The molecule has 0 heterocycles. The third-order valence-electron chi connectivity index (χ3n) is 2.24. The molecule has 3 atom stereocenters. The molecule has 0 aliphatic rings. The normalized spacial score (nSPS) is 17.3. The van der Waals surface area contributed by atoms with Gasteiger partial charge in [0.15, 0.2) is 0 Å². The lowest BCUT2D eigenvalue weighted by atomic mass is 10.0. The van der Waals surface area contributed by atoms with Crippen LogP contribution in [0.1, 0.15) is 26.7 Å². The second kappa shape index (κ2) is 5.62. The number of carbonyl (C=O) groups excluding carboxylic acids is 1. The van der Waals surface area contributed by atoms with Gasteiger partial charge in [0.2, 0.25) is 5.91 Å². The van der Waals surface area contributed by atoms with Crippen molar-refractivity contribution in [3.63, 3.8) is 0 Å². The minimum absolute atomic E-state index is 0.195. The fourth-order valence-corrected chi connectivity index (χ4v) is 1.49. The molecule has 0 spiro atoms. The summed E-state index contributed by atoms with van der Waals surface area (Å²) in [7, 11) is 5.08. The van der Waals surface area contributed by atoms with Crippen molar-refractivity contribution < 1.29 is 14.0 Å². The highest BCUT2D eigenvalue weighted by atomic mass is 31.0. The van der Waals surface area contributed by atoms with Gasteiger partial charge in [-0.1, -0.05) is 23.1 Å². The maximum absolute atomic E-state index is 13.5. The SMILES string of the molecule is CCC(F)(P)C[C@H](C)C(=O)N(C)OC. The van der Waals surface area contributed by atoms with Crippen molar-refractivity contribution in [1.29, 1.82) is 0 Å². The van der Waals surface area contributed by atoms with E-state index in [0.717, 1.165) is 5.06 Å². The minimum atomic E-state index is -1.36. The Balaban J connectivity index is 4.21. The smallest absolute Gasteiger partial charge is 0.248 e. The molecule has 0 rings (SSSR count). The largest absolute Gasteiger partial charge is 0.275 e. The Morgan fingerprint density at radius 1 is 1.71 bits per heavy atom. The molecule has 0 aromatic heterocycles. The zero-order valence-electron chi connectivity index (χ0n) is 9.21. The van der Waals surface area contributed by atoms with Crippen molar-refractivity contribution in [2.24, 2.45) is 5.92 Å². The monoisotopic (exact) mass is 223 g/mol. The predicted molar refractivity (Wildman–Crippen MR) is 57.4 cm³/mol. The predicted octanol–water partition coefficient (Wildman–Crippen LogP) is 1.98. The molecule has 0 aromatic rings. The molecule has 5 heteroatoms. The van der Waals surface area contributed by atoms with Crippen LogP contribution in [0.15, 0.2) is 0 Å². The molecule has 3 nitrogen and oxygen atoms in total. The van der Waals surface area contributed by atoms with Gasteiger partial charge in [0.25, 0.3) is 0 Å². The summed E-state index contributed by atoms with van der Waals surface area (Å²) in [5, 5.41) is -0.231. The third kappa shape index (κ3) is 4.34. The van der Waals surface area contributed by atoms with Crippen LogP contribution in [0.25, 0.3) is 0 Å². The summed E-state index contributed by atoms with van der Waals surface area (Å²) < 4.78 is 13.5. The van der Waals surface area contributed by atoms with Gasteiger partial charge >= 0.3 is 0 Å². The molecule has 0 radical (unpaired) electrons. The zero-order valence-corrected chi connectivity index (χ0v) is 10.4. The molecule has 0 saturated heterocycles. The molecule has 0 bridgehead atoms. The van der Waals surface area contributed by atoms with E-state index in [-0.39, 0.29) is 18.2 Å². The Kier molecular flexibility index (Phi) is 5.53. The molecule has 84 valence electrons. The quantitative estimate of drug-likeness (QED) is 0.527. The van der Waals surface area contributed by atoms with E-state index in [0.29, 0.717) is 6.42 Å².